The molecule has 0 atom stereocenters. The molecule has 2 amide bonds. The zero-order valence-corrected chi connectivity index (χ0v) is 10.5. The minimum absolute atomic E-state index is 0.0435. The van der Waals surface area contributed by atoms with Crippen LogP contribution in [0.3, 0.4) is 0 Å². The van der Waals surface area contributed by atoms with Gasteiger partial charge in [-0.2, -0.15) is 0 Å². The van der Waals surface area contributed by atoms with Crippen molar-refractivity contribution in [3.8, 4) is 0 Å². The Hall–Kier alpha value is -1.03. The Kier molecular flexibility index (Phi) is 2.21. The molecule has 1 saturated carbocycles. The van der Waals surface area contributed by atoms with Gasteiger partial charge in [0.05, 0.1) is 5.54 Å². The first-order chi connectivity index (χ1) is 7.71. The van der Waals surface area contributed by atoms with Gasteiger partial charge in [0, 0.05) is 16.7 Å². The second-order valence-corrected chi connectivity index (χ2v) is 5.46. The van der Waals surface area contributed by atoms with Gasteiger partial charge in [-0.15, -0.1) is 0 Å². The number of nitrogens with zero attached hydrogens (tertiary/aromatic N) is 1. The molecule has 4 heteroatoms. The predicted octanol–water partition coefficient (Wildman–Crippen LogP) is 2.90. The molecule has 1 heterocycles. The van der Waals surface area contributed by atoms with E-state index in [9.17, 15) is 4.79 Å². The summed E-state index contributed by atoms with van der Waals surface area (Å²) in [5, 5.41) is 2.95. The largest absolute Gasteiger partial charge is 0.335 e. The van der Waals surface area contributed by atoms with E-state index in [4.69, 9.17) is 0 Å². The number of nitrogens with one attached hydrogen (secondary N) is 1. The number of urea groups is 1. The zero-order chi connectivity index (χ0) is 11.2. The van der Waals surface area contributed by atoms with Crippen molar-refractivity contribution in [2.24, 2.45) is 0 Å². The van der Waals surface area contributed by atoms with Crippen LogP contribution in [0.1, 0.15) is 19.3 Å². The van der Waals surface area contributed by atoms with Gasteiger partial charge >= 0.3 is 6.03 Å². The van der Waals surface area contributed by atoms with Crippen LogP contribution in [-0.4, -0.2) is 18.1 Å². The van der Waals surface area contributed by atoms with E-state index in [2.05, 4.69) is 21.2 Å². The molecule has 3 nitrogen and oxygen atoms in total. The molecule has 1 saturated heterocycles. The normalized spacial score (nSPS) is 22.1. The van der Waals surface area contributed by atoms with E-state index in [1.807, 2.05) is 29.2 Å². The molecule has 0 bridgehead atoms. The fraction of sp³-hybridized carbons (Fsp3) is 0.417. The van der Waals surface area contributed by atoms with E-state index in [0.29, 0.717) is 0 Å². The number of anilines is 1. The van der Waals surface area contributed by atoms with Crippen molar-refractivity contribution in [3.05, 3.63) is 28.7 Å². The molecular weight excluding hydrogens is 268 g/mol. The first-order valence-corrected chi connectivity index (χ1v) is 6.34. The van der Waals surface area contributed by atoms with Crippen LogP contribution in [0.4, 0.5) is 10.5 Å². The number of carbonyl (C=O) groups excluding carboxylic acids is 1. The highest BCUT2D eigenvalue weighted by molar-refractivity contribution is 9.10. The van der Waals surface area contributed by atoms with E-state index in [-0.39, 0.29) is 11.6 Å². The van der Waals surface area contributed by atoms with Crippen molar-refractivity contribution in [3.63, 3.8) is 0 Å². The van der Waals surface area contributed by atoms with Crippen LogP contribution in [0, 0.1) is 0 Å². The second kappa shape index (κ2) is 3.48. The molecule has 1 spiro atoms. The van der Waals surface area contributed by atoms with Gasteiger partial charge < -0.3 is 5.32 Å². The summed E-state index contributed by atoms with van der Waals surface area (Å²) < 4.78 is 1.04. The van der Waals surface area contributed by atoms with Crippen LogP contribution < -0.4 is 10.2 Å². The van der Waals surface area contributed by atoms with Gasteiger partial charge in [0.15, 0.2) is 0 Å². The van der Waals surface area contributed by atoms with Crippen molar-refractivity contribution in [1.82, 2.24) is 5.32 Å². The Morgan fingerprint density at radius 3 is 2.50 bits per heavy atom. The maximum atomic E-state index is 11.9. The summed E-state index contributed by atoms with van der Waals surface area (Å²) in [4.78, 5) is 13.8. The average molecular weight is 281 g/mol. The monoisotopic (exact) mass is 280 g/mol. The Morgan fingerprint density at radius 2 is 1.94 bits per heavy atom. The lowest BCUT2D eigenvalue weighted by Gasteiger charge is -2.44. The number of amides is 2. The van der Waals surface area contributed by atoms with Crippen LogP contribution >= 0.6 is 15.9 Å². The quantitative estimate of drug-likeness (QED) is 0.843. The van der Waals surface area contributed by atoms with E-state index < -0.39 is 0 Å². The number of rotatable bonds is 1. The van der Waals surface area contributed by atoms with E-state index >= 15 is 0 Å². The fourth-order valence-electron chi connectivity index (χ4n) is 2.58. The first kappa shape index (κ1) is 10.1. The maximum absolute atomic E-state index is 11.9. The molecule has 2 aliphatic rings. The summed E-state index contributed by atoms with van der Waals surface area (Å²) in [5.41, 5.74) is 1.06. The first-order valence-electron chi connectivity index (χ1n) is 5.55. The van der Waals surface area contributed by atoms with Crippen molar-refractivity contribution in [1.29, 1.82) is 0 Å². The van der Waals surface area contributed by atoms with E-state index in [1.54, 1.807) is 0 Å². The third-order valence-electron chi connectivity index (χ3n) is 3.62. The number of hydrogen-bond donors (Lipinski definition) is 1. The van der Waals surface area contributed by atoms with Gasteiger partial charge in [0.2, 0.25) is 0 Å². The van der Waals surface area contributed by atoms with Crippen molar-refractivity contribution in [2.75, 3.05) is 11.4 Å². The standard InChI is InChI=1S/C12H13BrN2O/c13-9-2-4-10(5-3-9)15-11(16)14-8-12(15)6-1-7-12/h2-5H,1,6-8H2,(H,14,16). The molecule has 0 radical (unpaired) electrons. The van der Waals surface area contributed by atoms with Crippen LogP contribution in [0.2, 0.25) is 0 Å². The molecule has 0 aromatic heterocycles. The molecule has 1 N–H and O–H groups in total. The van der Waals surface area contributed by atoms with Gasteiger partial charge in [-0.25, -0.2) is 4.79 Å². The third-order valence-corrected chi connectivity index (χ3v) is 4.14. The lowest BCUT2D eigenvalue weighted by molar-refractivity contribution is 0.241. The molecule has 1 aliphatic heterocycles. The van der Waals surface area contributed by atoms with Gasteiger partial charge in [-0.05, 0) is 43.5 Å². The summed E-state index contributed by atoms with van der Waals surface area (Å²) in [7, 11) is 0. The number of hydrogen-bond acceptors (Lipinski definition) is 1. The summed E-state index contributed by atoms with van der Waals surface area (Å²) in [6.45, 7) is 0.794. The summed E-state index contributed by atoms with van der Waals surface area (Å²) in [6, 6.07) is 7.99. The lowest BCUT2D eigenvalue weighted by atomic mass is 9.76. The molecule has 2 fully saturated rings. The van der Waals surface area contributed by atoms with Crippen molar-refractivity contribution >= 4 is 27.6 Å². The summed E-state index contributed by atoms with van der Waals surface area (Å²) in [6.07, 6.45) is 3.45. The Balaban J connectivity index is 1.97. The lowest BCUT2D eigenvalue weighted by Crippen LogP contribution is -2.52. The molecule has 0 unspecified atom stereocenters. The molecule has 3 rings (SSSR count). The minimum Gasteiger partial charge on any atom is -0.335 e. The highest BCUT2D eigenvalue weighted by Crippen LogP contribution is 2.42. The predicted molar refractivity (Wildman–Crippen MR) is 66.6 cm³/mol. The van der Waals surface area contributed by atoms with Crippen LogP contribution in [0.15, 0.2) is 28.7 Å². The molecule has 1 aromatic rings. The summed E-state index contributed by atoms with van der Waals surface area (Å²) in [5.74, 6) is 0. The van der Waals surface area contributed by atoms with Gasteiger partial charge in [-0.3, -0.25) is 4.90 Å². The highest BCUT2D eigenvalue weighted by atomic mass is 79.9. The highest BCUT2D eigenvalue weighted by Gasteiger charge is 2.50. The zero-order valence-electron chi connectivity index (χ0n) is 8.87. The van der Waals surface area contributed by atoms with Crippen LogP contribution in [-0.2, 0) is 0 Å². The topological polar surface area (TPSA) is 32.3 Å². The van der Waals surface area contributed by atoms with Crippen molar-refractivity contribution < 1.29 is 4.79 Å². The smallest absolute Gasteiger partial charge is 0.322 e. The molecule has 84 valence electrons. The van der Waals surface area contributed by atoms with Crippen molar-refractivity contribution in [2.45, 2.75) is 24.8 Å². The van der Waals surface area contributed by atoms with E-state index in [0.717, 1.165) is 29.5 Å². The Labute approximate surface area is 103 Å². The third kappa shape index (κ3) is 1.36. The number of carbonyl (C=O) groups is 1. The minimum atomic E-state index is 0.0435. The SMILES string of the molecule is O=C1NCC2(CCC2)N1c1ccc(Br)cc1. The molecule has 1 aliphatic carbocycles. The van der Waals surface area contributed by atoms with E-state index in [1.165, 1.54) is 6.42 Å². The Bertz CT molecular complexity index is 425. The number of halogens is 1. The number of benzene rings is 1. The fourth-order valence-corrected chi connectivity index (χ4v) is 2.84. The maximum Gasteiger partial charge on any atom is 0.322 e. The summed E-state index contributed by atoms with van der Waals surface area (Å²) >= 11 is 3.41. The van der Waals surface area contributed by atoms with Crippen LogP contribution in [0.5, 0.6) is 0 Å². The molecule has 16 heavy (non-hydrogen) atoms. The molecule has 1 aromatic carbocycles. The van der Waals surface area contributed by atoms with Gasteiger partial charge in [0.25, 0.3) is 0 Å². The second-order valence-electron chi connectivity index (χ2n) is 4.55. The Morgan fingerprint density at radius 1 is 1.25 bits per heavy atom. The van der Waals surface area contributed by atoms with Gasteiger partial charge in [0.1, 0.15) is 0 Å². The average Bonchev–Trinajstić information content (AvgIpc) is 2.57. The molecular formula is C12H13BrN2O. The van der Waals surface area contributed by atoms with Gasteiger partial charge in [-0.1, -0.05) is 15.9 Å². The van der Waals surface area contributed by atoms with Crippen LogP contribution in [0.25, 0.3) is 0 Å².